The van der Waals surface area contributed by atoms with Gasteiger partial charge in [-0.2, -0.15) is 0 Å². The van der Waals surface area contributed by atoms with Crippen molar-refractivity contribution in [2.75, 3.05) is 6.61 Å². The van der Waals surface area contributed by atoms with E-state index in [0.29, 0.717) is 6.73 Å². The number of halogens is 2. The number of hydrogen-bond acceptors (Lipinski definition) is 2. The molecule has 0 unspecified atom stereocenters. The van der Waals surface area contributed by atoms with Crippen LogP contribution in [0.3, 0.4) is 0 Å². The molecule has 0 spiro atoms. The van der Waals surface area contributed by atoms with Crippen LogP contribution < -0.4 is 0 Å². The molecule has 0 saturated heterocycles. The molecule has 0 bridgehead atoms. The van der Waals surface area contributed by atoms with Crippen molar-refractivity contribution in [3.63, 3.8) is 0 Å². The van der Waals surface area contributed by atoms with E-state index < -0.39 is 0 Å². The Balaban J connectivity index is 2.82. The maximum Gasteiger partial charge on any atom is 0.134 e. The Kier molecular flexibility index (Phi) is 3.98. The molecule has 1 aromatic rings. The first-order valence-corrected chi connectivity index (χ1v) is 5.49. The van der Waals surface area contributed by atoms with E-state index in [1.54, 1.807) is 0 Å². The number of ether oxygens (including phenoxy) is 1. The van der Waals surface area contributed by atoms with E-state index in [0.717, 1.165) is 20.7 Å². The second-order valence-corrected chi connectivity index (χ2v) is 4.06. The van der Waals surface area contributed by atoms with Crippen LogP contribution in [-0.2, 0) is 11.5 Å². The highest BCUT2D eigenvalue weighted by Crippen LogP contribution is 2.19. The summed E-state index contributed by atoms with van der Waals surface area (Å²) >= 11 is 5.63. The highest BCUT2D eigenvalue weighted by Gasteiger charge is 2.08. The molecule has 0 saturated carbocycles. The van der Waals surface area contributed by atoms with Crippen molar-refractivity contribution in [1.82, 2.24) is 9.55 Å². The minimum atomic E-state index is 0.568. The van der Waals surface area contributed by atoms with E-state index in [2.05, 4.69) is 43.5 Å². The highest BCUT2D eigenvalue weighted by molar-refractivity contribution is 14.1. The Hall–Kier alpha value is 0.380. The molecule has 0 atom stereocenters. The van der Waals surface area contributed by atoms with Crippen molar-refractivity contribution in [2.24, 2.45) is 0 Å². The van der Waals surface area contributed by atoms with E-state index >= 15 is 0 Å². The maximum atomic E-state index is 5.28. The molecule has 1 rings (SSSR count). The summed E-state index contributed by atoms with van der Waals surface area (Å²) in [6.07, 6.45) is 0. The van der Waals surface area contributed by atoms with Gasteiger partial charge in [0.1, 0.15) is 20.9 Å². The van der Waals surface area contributed by atoms with E-state index in [4.69, 9.17) is 4.74 Å². The second kappa shape index (κ2) is 4.57. The number of aromatic nitrogens is 2. The van der Waals surface area contributed by atoms with Gasteiger partial charge in [-0.15, -0.1) is 0 Å². The summed E-state index contributed by atoms with van der Waals surface area (Å²) in [5, 5.41) is 0. The van der Waals surface area contributed by atoms with E-state index in [-0.39, 0.29) is 0 Å². The van der Waals surface area contributed by atoms with Crippen molar-refractivity contribution in [3.8, 4) is 0 Å². The largest absolute Gasteiger partial charge is 0.361 e. The minimum Gasteiger partial charge on any atom is -0.361 e. The summed E-state index contributed by atoms with van der Waals surface area (Å²) in [6.45, 7) is 5.23. The van der Waals surface area contributed by atoms with E-state index in [1.165, 1.54) is 0 Å². The molecule has 1 aromatic heterocycles. The quantitative estimate of drug-likeness (QED) is 0.788. The van der Waals surface area contributed by atoms with Gasteiger partial charge in [-0.05, 0) is 52.4 Å². The molecule has 5 heteroatoms. The van der Waals surface area contributed by atoms with Gasteiger partial charge in [0, 0.05) is 6.61 Å². The van der Waals surface area contributed by atoms with Crippen LogP contribution in [-0.4, -0.2) is 16.2 Å². The first-order valence-electron chi connectivity index (χ1n) is 3.62. The molecule has 0 aliphatic carbocycles. The molecule has 0 fully saturated rings. The summed E-state index contributed by atoms with van der Waals surface area (Å²) in [7, 11) is 0. The Labute approximate surface area is 93.8 Å². The lowest BCUT2D eigenvalue weighted by Gasteiger charge is -2.05. The SMILES string of the molecule is CCOCn1c(C)nc(I)c1Br. The van der Waals surface area contributed by atoms with Crippen molar-refractivity contribution in [2.45, 2.75) is 20.6 Å². The molecule has 68 valence electrons. The van der Waals surface area contributed by atoms with E-state index in [1.807, 2.05) is 18.4 Å². The molecular weight excluding hydrogens is 335 g/mol. The van der Waals surface area contributed by atoms with Gasteiger partial charge in [0.05, 0.1) is 0 Å². The van der Waals surface area contributed by atoms with Gasteiger partial charge in [0.15, 0.2) is 0 Å². The molecule has 3 nitrogen and oxygen atoms in total. The summed E-state index contributed by atoms with van der Waals surface area (Å²) in [4.78, 5) is 4.29. The molecular formula is C7H10BrIN2O. The predicted octanol–water partition coefficient (Wildman–Crippen LogP) is 2.55. The fourth-order valence-corrected chi connectivity index (χ4v) is 1.92. The topological polar surface area (TPSA) is 27.1 Å². The van der Waals surface area contributed by atoms with Gasteiger partial charge < -0.3 is 4.74 Å². The lowest BCUT2D eigenvalue weighted by molar-refractivity contribution is 0.0849. The van der Waals surface area contributed by atoms with Gasteiger partial charge in [-0.1, -0.05) is 0 Å². The number of hydrogen-bond donors (Lipinski definition) is 0. The Morgan fingerprint density at radius 2 is 2.33 bits per heavy atom. The smallest absolute Gasteiger partial charge is 0.134 e. The predicted molar refractivity (Wildman–Crippen MR) is 59.0 cm³/mol. The molecule has 0 aromatic carbocycles. The Bertz CT molecular complexity index is 275. The molecule has 0 N–H and O–H groups in total. The summed E-state index contributed by atoms with van der Waals surface area (Å²) in [5.41, 5.74) is 0. The summed E-state index contributed by atoms with van der Waals surface area (Å²) in [5.74, 6) is 0.972. The molecule has 0 aliphatic rings. The second-order valence-electron chi connectivity index (χ2n) is 2.29. The summed E-state index contributed by atoms with van der Waals surface area (Å²) < 4.78 is 9.25. The number of imidazole rings is 1. The molecule has 12 heavy (non-hydrogen) atoms. The van der Waals surface area contributed by atoms with Gasteiger partial charge in [0.25, 0.3) is 0 Å². The lowest BCUT2D eigenvalue weighted by Crippen LogP contribution is -2.04. The van der Waals surface area contributed by atoms with Gasteiger partial charge in [-0.3, -0.25) is 4.57 Å². The zero-order valence-corrected chi connectivity index (χ0v) is 10.7. The lowest BCUT2D eigenvalue weighted by atomic mass is 10.7. The van der Waals surface area contributed by atoms with Gasteiger partial charge >= 0.3 is 0 Å². The number of aryl methyl sites for hydroxylation is 1. The summed E-state index contributed by atoms with van der Waals surface area (Å²) in [6, 6.07) is 0. The number of rotatable bonds is 3. The van der Waals surface area contributed by atoms with Crippen LogP contribution in [0.4, 0.5) is 0 Å². The Morgan fingerprint density at radius 1 is 1.67 bits per heavy atom. The monoisotopic (exact) mass is 344 g/mol. The molecule has 0 amide bonds. The third kappa shape index (κ3) is 2.20. The van der Waals surface area contributed by atoms with Crippen molar-refractivity contribution < 1.29 is 4.74 Å². The zero-order valence-electron chi connectivity index (χ0n) is 6.97. The van der Waals surface area contributed by atoms with E-state index in [9.17, 15) is 0 Å². The average molecular weight is 345 g/mol. The normalized spacial score (nSPS) is 10.7. The average Bonchev–Trinajstić information content (AvgIpc) is 2.25. The highest BCUT2D eigenvalue weighted by atomic mass is 127. The fourth-order valence-electron chi connectivity index (χ4n) is 0.835. The van der Waals surface area contributed by atoms with Gasteiger partial charge in [-0.25, -0.2) is 4.98 Å². The van der Waals surface area contributed by atoms with Crippen molar-refractivity contribution >= 4 is 38.5 Å². The molecule has 1 heterocycles. The van der Waals surface area contributed by atoms with Crippen LogP contribution in [0.5, 0.6) is 0 Å². The third-order valence-corrected chi connectivity index (χ3v) is 3.78. The van der Waals surface area contributed by atoms with Crippen LogP contribution in [0.2, 0.25) is 0 Å². The number of nitrogens with zero attached hydrogens (tertiary/aromatic N) is 2. The first kappa shape index (κ1) is 10.5. The standard InChI is InChI=1S/C7H10BrIN2O/c1-3-12-4-11-5(2)10-7(9)6(11)8/h3-4H2,1-2H3. The van der Waals surface area contributed by atoms with Crippen LogP contribution >= 0.6 is 38.5 Å². The first-order chi connectivity index (χ1) is 5.66. The van der Waals surface area contributed by atoms with Crippen LogP contribution in [0.1, 0.15) is 12.7 Å². The van der Waals surface area contributed by atoms with Crippen molar-refractivity contribution in [1.29, 1.82) is 0 Å². The molecule has 0 aliphatic heterocycles. The van der Waals surface area contributed by atoms with Crippen molar-refractivity contribution in [3.05, 3.63) is 14.1 Å². The fraction of sp³-hybridized carbons (Fsp3) is 0.571. The van der Waals surface area contributed by atoms with Crippen LogP contribution in [0.25, 0.3) is 0 Å². The third-order valence-electron chi connectivity index (χ3n) is 1.48. The minimum absolute atomic E-state index is 0.568. The maximum absolute atomic E-state index is 5.28. The Morgan fingerprint density at radius 3 is 2.75 bits per heavy atom. The molecule has 0 radical (unpaired) electrons. The van der Waals surface area contributed by atoms with Crippen LogP contribution in [0.15, 0.2) is 4.60 Å². The zero-order chi connectivity index (χ0) is 9.14. The van der Waals surface area contributed by atoms with Crippen LogP contribution in [0, 0.1) is 10.6 Å². The van der Waals surface area contributed by atoms with Gasteiger partial charge in [0.2, 0.25) is 0 Å².